The molecule has 8 heteroatoms. The lowest BCUT2D eigenvalue weighted by molar-refractivity contribution is -0.138. The number of allylic oxidation sites excluding steroid dienone is 1. The molecule has 0 fully saturated rings. The molecule has 6 nitrogen and oxygen atoms in total. The van der Waals surface area contributed by atoms with E-state index >= 15 is 0 Å². The van der Waals surface area contributed by atoms with Crippen LogP contribution >= 0.6 is 27.3 Å². The molecule has 4 rings (SSSR count). The third-order valence-electron chi connectivity index (χ3n) is 5.15. The number of hydrogen-bond donors (Lipinski definition) is 0. The summed E-state index contributed by atoms with van der Waals surface area (Å²) < 4.78 is 13.6. The Morgan fingerprint density at radius 2 is 2.03 bits per heavy atom. The fourth-order valence-corrected chi connectivity index (χ4v) is 5.11. The Labute approximate surface area is 203 Å². The molecule has 0 saturated carbocycles. The summed E-state index contributed by atoms with van der Waals surface area (Å²) in [4.78, 5) is 31.7. The molecular formula is C25H21BrN2O4S. The molecule has 168 valence electrons. The zero-order chi connectivity index (χ0) is 23.5. The van der Waals surface area contributed by atoms with Crippen LogP contribution in [0, 0.1) is 0 Å². The van der Waals surface area contributed by atoms with E-state index in [0.29, 0.717) is 26.4 Å². The first-order valence-corrected chi connectivity index (χ1v) is 11.7. The molecule has 1 aliphatic heterocycles. The number of carbonyl (C=O) groups is 1. The molecule has 2 aromatic carbocycles. The third-order valence-corrected chi connectivity index (χ3v) is 6.63. The van der Waals surface area contributed by atoms with E-state index in [9.17, 15) is 9.59 Å². The zero-order valence-corrected chi connectivity index (χ0v) is 20.5. The number of rotatable bonds is 6. The highest BCUT2D eigenvalue weighted by molar-refractivity contribution is 9.10. The van der Waals surface area contributed by atoms with Crippen molar-refractivity contribution in [1.82, 2.24) is 4.57 Å². The maximum atomic E-state index is 13.6. The summed E-state index contributed by atoms with van der Waals surface area (Å²) in [6.07, 6.45) is 3.33. The van der Waals surface area contributed by atoms with Gasteiger partial charge in [-0.1, -0.05) is 64.2 Å². The van der Waals surface area contributed by atoms with E-state index in [4.69, 9.17) is 9.47 Å². The second-order valence-corrected chi connectivity index (χ2v) is 9.22. The second-order valence-electron chi connectivity index (χ2n) is 7.30. The number of hydrogen-bond acceptors (Lipinski definition) is 6. The average molecular weight is 525 g/mol. The van der Waals surface area contributed by atoms with Crippen molar-refractivity contribution >= 4 is 39.3 Å². The van der Waals surface area contributed by atoms with Crippen molar-refractivity contribution < 1.29 is 14.3 Å². The Morgan fingerprint density at radius 3 is 2.70 bits per heavy atom. The van der Waals surface area contributed by atoms with E-state index in [1.54, 1.807) is 30.7 Å². The number of nitrogens with zero attached hydrogens (tertiary/aromatic N) is 2. The fraction of sp³-hybridized carbons (Fsp3) is 0.160. The minimum Gasteiger partial charge on any atom is -0.497 e. The van der Waals surface area contributed by atoms with Crippen LogP contribution in [0.1, 0.15) is 24.1 Å². The summed E-state index contributed by atoms with van der Waals surface area (Å²) in [7, 11) is 1.59. The Bertz CT molecular complexity index is 1430. The Kier molecular flexibility index (Phi) is 6.76. The van der Waals surface area contributed by atoms with Crippen LogP contribution in [0.3, 0.4) is 0 Å². The van der Waals surface area contributed by atoms with Crippen LogP contribution in [0.15, 0.2) is 86.7 Å². The number of thiazole rings is 1. The van der Waals surface area contributed by atoms with Gasteiger partial charge >= 0.3 is 5.97 Å². The van der Waals surface area contributed by atoms with Gasteiger partial charge in [0, 0.05) is 4.47 Å². The fourth-order valence-electron chi connectivity index (χ4n) is 3.64. The van der Waals surface area contributed by atoms with Gasteiger partial charge in [-0.15, -0.1) is 0 Å². The van der Waals surface area contributed by atoms with Crippen LogP contribution in [0.4, 0.5) is 0 Å². The molecule has 0 N–H and O–H groups in total. The molecule has 0 bridgehead atoms. The lowest BCUT2D eigenvalue weighted by atomic mass is 9.96. The molecule has 0 radical (unpaired) electrons. The highest BCUT2D eigenvalue weighted by Gasteiger charge is 2.33. The molecule has 0 saturated heterocycles. The van der Waals surface area contributed by atoms with E-state index in [0.717, 1.165) is 15.6 Å². The predicted octanol–water partition coefficient (Wildman–Crippen LogP) is 3.74. The molecule has 1 atom stereocenters. The summed E-state index contributed by atoms with van der Waals surface area (Å²) in [6.45, 7) is 5.42. The summed E-state index contributed by atoms with van der Waals surface area (Å²) in [5.74, 6) is 0.149. The summed E-state index contributed by atoms with van der Waals surface area (Å²) in [5.41, 5.74) is 2.26. The van der Waals surface area contributed by atoms with Crippen LogP contribution < -0.4 is 19.6 Å². The van der Waals surface area contributed by atoms with E-state index in [-0.39, 0.29) is 12.2 Å². The van der Waals surface area contributed by atoms with Crippen molar-refractivity contribution in [3.63, 3.8) is 0 Å². The van der Waals surface area contributed by atoms with E-state index in [1.807, 2.05) is 42.5 Å². The first-order chi connectivity index (χ1) is 15.9. The van der Waals surface area contributed by atoms with Crippen molar-refractivity contribution in [2.24, 2.45) is 4.99 Å². The van der Waals surface area contributed by atoms with Crippen molar-refractivity contribution in [3.8, 4) is 5.75 Å². The number of carbonyl (C=O) groups excluding carboxylic acids is 1. The monoisotopic (exact) mass is 524 g/mol. The molecular weight excluding hydrogens is 504 g/mol. The first kappa shape index (κ1) is 22.9. The topological polar surface area (TPSA) is 69.9 Å². The van der Waals surface area contributed by atoms with Gasteiger partial charge in [0.05, 0.1) is 29.0 Å². The van der Waals surface area contributed by atoms with E-state index in [2.05, 4.69) is 27.5 Å². The number of ether oxygens (including phenoxy) is 2. The van der Waals surface area contributed by atoms with Gasteiger partial charge in [0.1, 0.15) is 12.4 Å². The van der Waals surface area contributed by atoms with Crippen LogP contribution in [0.25, 0.3) is 6.08 Å². The maximum absolute atomic E-state index is 13.6. The van der Waals surface area contributed by atoms with Gasteiger partial charge in [-0.2, -0.15) is 0 Å². The number of methoxy groups -OCH3 is 1. The molecule has 1 unspecified atom stereocenters. The van der Waals surface area contributed by atoms with Gasteiger partial charge in [0.15, 0.2) is 4.80 Å². The second kappa shape index (κ2) is 9.72. The Hall–Kier alpha value is -3.23. The highest BCUT2D eigenvalue weighted by Crippen LogP contribution is 2.31. The Balaban J connectivity index is 1.92. The van der Waals surface area contributed by atoms with Crippen molar-refractivity contribution in [1.29, 1.82) is 0 Å². The smallest absolute Gasteiger partial charge is 0.338 e. The minimum absolute atomic E-state index is 0.0677. The van der Waals surface area contributed by atoms with Crippen molar-refractivity contribution in [2.75, 3.05) is 13.7 Å². The first-order valence-electron chi connectivity index (χ1n) is 10.1. The molecule has 3 aromatic rings. The normalized spacial score (nSPS) is 15.6. The molecule has 1 aromatic heterocycles. The van der Waals surface area contributed by atoms with Crippen LogP contribution in [-0.4, -0.2) is 24.3 Å². The van der Waals surface area contributed by atoms with E-state index in [1.165, 1.54) is 17.4 Å². The molecule has 33 heavy (non-hydrogen) atoms. The third kappa shape index (κ3) is 4.62. The number of aromatic nitrogens is 1. The van der Waals surface area contributed by atoms with Gasteiger partial charge in [-0.25, -0.2) is 9.79 Å². The average Bonchev–Trinajstić information content (AvgIpc) is 3.11. The summed E-state index contributed by atoms with van der Waals surface area (Å²) in [6, 6.07) is 14.3. The van der Waals surface area contributed by atoms with Gasteiger partial charge in [0.2, 0.25) is 0 Å². The van der Waals surface area contributed by atoms with Crippen LogP contribution in [0.5, 0.6) is 5.75 Å². The van der Waals surface area contributed by atoms with Gasteiger partial charge < -0.3 is 9.47 Å². The van der Waals surface area contributed by atoms with Gasteiger partial charge in [-0.05, 0) is 48.4 Å². The standard InChI is InChI=1S/C25H21BrN2O4S/c1-4-12-32-24(30)21-15(2)27-25-28(22(21)17-8-10-19(31-3)11-9-17)23(29)20(33-25)14-16-6-5-7-18(26)13-16/h4-11,13-14,22H,1,12H2,2-3H3. The lowest BCUT2D eigenvalue weighted by Gasteiger charge is -2.24. The zero-order valence-electron chi connectivity index (χ0n) is 18.1. The Morgan fingerprint density at radius 1 is 1.27 bits per heavy atom. The minimum atomic E-state index is -0.672. The van der Waals surface area contributed by atoms with Crippen LogP contribution in [-0.2, 0) is 9.53 Å². The van der Waals surface area contributed by atoms with Gasteiger partial charge in [-0.3, -0.25) is 9.36 Å². The quantitative estimate of drug-likeness (QED) is 0.363. The molecule has 2 heterocycles. The molecule has 1 aliphatic rings. The highest BCUT2D eigenvalue weighted by atomic mass is 79.9. The summed E-state index contributed by atoms with van der Waals surface area (Å²) in [5, 5.41) is 0. The molecule has 0 amide bonds. The molecule has 0 aliphatic carbocycles. The SMILES string of the molecule is C=CCOC(=O)C1=C(C)N=c2sc(=Cc3cccc(Br)c3)c(=O)n2C1c1ccc(OC)cc1. The number of fused-ring (bicyclic) bond motifs is 1. The van der Waals surface area contributed by atoms with Crippen molar-refractivity contribution in [3.05, 3.63) is 108 Å². The largest absolute Gasteiger partial charge is 0.497 e. The molecule has 0 spiro atoms. The summed E-state index contributed by atoms with van der Waals surface area (Å²) >= 11 is 4.75. The maximum Gasteiger partial charge on any atom is 0.338 e. The van der Waals surface area contributed by atoms with Crippen LogP contribution in [0.2, 0.25) is 0 Å². The number of halogens is 1. The lowest BCUT2D eigenvalue weighted by Crippen LogP contribution is -2.39. The predicted molar refractivity (Wildman–Crippen MR) is 132 cm³/mol. The van der Waals surface area contributed by atoms with Crippen molar-refractivity contribution in [2.45, 2.75) is 13.0 Å². The number of benzene rings is 2. The number of esters is 1. The van der Waals surface area contributed by atoms with E-state index < -0.39 is 12.0 Å². The van der Waals surface area contributed by atoms with Gasteiger partial charge in [0.25, 0.3) is 5.56 Å².